The van der Waals surface area contributed by atoms with Crippen LogP contribution in [0.25, 0.3) is 0 Å². The van der Waals surface area contributed by atoms with Crippen LogP contribution in [0.15, 0.2) is 0 Å². The van der Waals surface area contributed by atoms with Crippen LogP contribution in [0.1, 0.15) is 79.1 Å². The molecular formula is C16H34B. The van der Waals surface area contributed by atoms with Gasteiger partial charge in [0, 0.05) is 0 Å². The molecule has 0 N–H and O–H groups in total. The van der Waals surface area contributed by atoms with Gasteiger partial charge in [0.15, 0.2) is 0 Å². The van der Waals surface area contributed by atoms with Gasteiger partial charge in [-0.25, -0.2) is 0 Å². The molecule has 0 nitrogen and oxygen atoms in total. The summed E-state index contributed by atoms with van der Waals surface area (Å²) in [6, 6.07) is 0. The lowest BCUT2D eigenvalue weighted by atomic mass is 9.63. The molecule has 0 heterocycles. The average molecular weight is 237 g/mol. The smallest absolute Gasteiger partial charge is 0.0778 e. The highest BCUT2D eigenvalue weighted by molar-refractivity contribution is 6.35. The van der Waals surface area contributed by atoms with E-state index in [1.165, 1.54) is 64.0 Å². The van der Waals surface area contributed by atoms with Crippen LogP contribution in [0.3, 0.4) is 0 Å². The molecule has 1 radical (unpaired) electrons. The zero-order valence-corrected chi connectivity index (χ0v) is 12.8. The van der Waals surface area contributed by atoms with E-state index in [1.54, 1.807) is 0 Å². The van der Waals surface area contributed by atoms with Gasteiger partial charge >= 0.3 is 0 Å². The van der Waals surface area contributed by atoms with Gasteiger partial charge in [-0.15, -0.1) is 0 Å². The van der Waals surface area contributed by atoms with Gasteiger partial charge in [0.05, 0.1) is 0 Å². The van der Waals surface area contributed by atoms with E-state index < -0.39 is 0 Å². The molecule has 0 saturated carbocycles. The quantitative estimate of drug-likeness (QED) is 0.290. The van der Waals surface area contributed by atoms with Gasteiger partial charge in [-0.3, -0.25) is 0 Å². The Morgan fingerprint density at radius 3 is 1.47 bits per heavy atom. The highest BCUT2D eigenvalue weighted by atomic mass is 14.0. The molecule has 0 aromatic heterocycles. The van der Waals surface area contributed by atoms with Gasteiger partial charge in [-0.2, -0.15) is 0 Å². The van der Waals surface area contributed by atoms with Gasteiger partial charge in [0.1, 0.15) is 7.28 Å². The number of hydrogen-bond acceptors (Lipinski definition) is 0. The van der Waals surface area contributed by atoms with Crippen LogP contribution in [-0.2, 0) is 0 Å². The Hall–Kier alpha value is 0.0649. The predicted octanol–water partition coefficient (Wildman–Crippen LogP) is 5.96. The molecule has 0 aliphatic rings. The van der Waals surface area contributed by atoms with E-state index in [0.717, 1.165) is 11.8 Å². The van der Waals surface area contributed by atoms with Crippen LogP contribution in [0, 0.1) is 11.8 Å². The van der Waals surface area contributed by atoms with Crippen molar-refractivity contribution in [2.24, 2.45) is 11.8 Å². The summed E-state index contributed by atoms with van der Waals surface area (Å²) in [5.74, 6) is 1.81. The highest BCUT2D eigenvalue weighted by Crippen LogP contribution is 2.17. The molecule has 0 bridgehead atoms. The Labute approximate surface area is 111 Å². The third-order valence-corrected chi connectivity index (χ3v) is 3.74. The summed E-state index contributed by atoms with van der Waals surface area (Å²) in [5.41, 5.74) is 0. The maximum absolute atomic E-state index is 2.55. The van der Waals surface area contributed by atoms with Crippen molar-refractivity contribution < 1.29 is 0 Å². The lowest BCUT2D eigenvalue weighted by Gasteiger charge is -2.13. The Morgan fingerprint density at radius 2 is 1.12 bits per heavy atom. The minimum absolute atomic E-state index is 0.907. The Kier molecular flexibility index (Phi) is 12.6. The first-order valence-electron chi connectivity index (χ1n) is 8.02. The van der Waals surface area contributed by atoms with E-state index in [4.69, 9.17) is 0 Å². The van der Waals surface area contributed by atoms with Crippen molar-refractivity contribution in [2.75, 3.05) is 0 Å². The van der Waals surface area contributed by atoms with E-state index >= 15 is 0 Å². The first-order chi connectivity index (χ1) is 8.20. The minimum Gasteiger partial charge on any atom is -0.0778 e. The summed E-state index contributed by atoms with van der Waals surface area (Å²) in [5, 5.41) is 0. The molecule has 0 aliphatic heterocycles. The van der Waals surface area contributed by atoms with Gasteiger partial charge in [0.25, 0.3) is 0 Å². The fraction of sp³-hybridized carbons (Fsp3) is 1.00. The van der Waals surface area contributed by atoms with Gasteiger partial charge in [-0.1, -0.05) is 104 Å². The van der Waals surface area contributed by atoms with Crippen LogP contribution in [0.5, 0.6) is 0 Å². The predicted molar refractivity (Wildman–Crippen MR) is 82.0 cm³/mol. The topological polar surface area (TPSA) is 0 Å². The molecule has 0 fully saturated rings. The second kappa shape index (κ2) is 12.5. The second-order valence-electron chi connectivity index (χ2n) is 5.96. The lowest BCUT2D eigenvalue weighted by molar-refractivity contribution is 0.518. The maximum Gasteiger partial charge on any atom is 0.110 e. The van der Waals surface area contributed by atoms with E-state index in [9.17, 15) is 0 Å². The summed E-state index contributed by atoms with van der Waals surface area (Å²) in [4.78, 5) is 0. The van der Waals surface area contributed by atoms with Crippen molar-refractivity contribution in [1.82, 2.24) is 0 Å². The normalized spacial score (nSPS) is 14.6. The van der Waals surface area contributed by atoms with Gasteiger partial charge < -0.3 is 0 Å². The monoisotopic (exact) mass is 237 g/mol. The van der Waals surface area contributed by atoms with Crippen LogP contribution in [-0.4, -0.2) is 7.28 Å². The summed E-state index contributed by atoms with van der Waals surface area (Å²) in [6.07, 6.45) is 13.9. The fourth-order valence-electron chi connectivity index (χ4n) is 2.39. The largest absolute Gasteiger partial charge is 0.110 e. The molecule has 0 aromatic rings. The fourth-order valence-corrected chi connectivity index (χ4v) is 2.39. The SMILES string of the molecule is CCCCCC(C)C[B]CC(C)CCCCC. The van der Waals surface area contributed by atoms with E-state index in [2.05, 4.69) is 35.0 Å². The van der Waals surface area contributed by atoms with Crippen LogP contribution in [0.4, 0.5) is 0 Å². The van der Waals surface area contributed by atoms with E-state index in [-0.39, 0.29) is 0 Å². The van der Waals surface area contributed by atoms with Crippen molar-refractivity contribution in [3.8, 4) is 0 Å². The molecule has 0 saturated heterocycles. The van der Waals surface area contributed by atoms with Crippen molar-refractivity contribution in [3.63, 3.8) is 0 Å². The summed E-state index contributed by atoms with van der Waals surface area (Å²) >= 11 is 0. The summed E-state index contributed by atoms with van der Waals surface area (Å²) in [6.45, 7) is 9.39. The highest BCUT2D eigenvalue weighted by Gasteiger charge is 2.06. The molecule has 2 unspecified atom stereocenters. The number of rotatable bonds is 12. The van der Waals surface area contributed by atoms with Crippen molar-refractivity contribution >= 4 is 7.28 Å². The Bertz CT molecular complexity index is 128. The number of hydrogen-bond donors (Lipinski definition) is 0. The Balaban J connectivity index is 3.29. The zero-order chi connectivity index (χ0) is 12.9. The molecule has 0 aromatic carbocycles. The van der Waals surface area contributed by atoms with Gasteiger partial charge in [0.2, 0.25) is 0 Å². The zero-order valence-electron chi connectivity index (χ0n) is 12.8. The van der Waals surface area contributed by atoms with Crippen LogP contribution >= 0.6 is 0 Å². The number of unbranched alkanes of at least 4 members (excludes halogenated alkanes) is 4. The molecule has 0 spiro atoms. The third kappa shape index (κ3) is 12.3. The summed E-state index contributed by atoms with van der Waals surface area (Å²) < 4.78 is 0. The Morgan fingerprint density at radius 1 is 0.706 bits per heavy atom. The van der Waals surface area contributed by atoms with Gasteiger partial charge in [-0.05, 0) is 0 Å². The standard InChI is InChI=1S/C16H34B/c1-5-7-9-11-15(3)13-17-14-16(4)12-10-8-6-2/h15-16H,5-14H2,1-4H3. The molecular weight excluding hydrogens is 203 g/mol. The molecule has 0 amide bonds. The molecule has 0 aliphatic carbocycles. The molecule has 17 heavy (non-hydrogen) atoms. The first-order valence-corrected chi connectivity index (χ1v) is 8.02. The minimum atomic E-state index is 0.907. The van der Waals surface area contributed by atoms with E-state index in [0.29, 0.717) is 0 Å². The lowest BCUT2D eigenvalue weighted by Crippen LogP contribution is -2.04. The molecule has 2 atom stereocenters. The molecule has 101 valence electrons. The molecule has 0 rings (SSSR count). The first kappa shape index (κ1) is 17.1. The van der Waals surface area contributed by atoms with Crippen molar-refractivity contribution in [3.05, 3.63) is 0 Å². The van der Waals surface area contributed by atoms with E-state index in [1.807, 2.05) is 0 Å². The van der Waals surface area contributed by atoms with Crippen LogP contribution < -0.4 is 0 Å². The third-order valence-electron chi connectivity index (χ3n) is 3.74. The second-order valence-corrected chi connectivity index (χ2v) is 5.96. The van der Waals surface area contributed by atoms with Crippen molar-refractivity contribution in [2.45, 2.75) is 91.7 Å². The molecule has 1 heteroatoms. The maximum atomic E-state index is 2.55. The average Bonchev–Trinajstić information content (AvgIpc) is 2.30. The summed E-state index contributed by atoms with van der Waals surface area (Å²) in [7, 11) is 2.55. The van der Waals surface area contributed by atoms with Crippen LogP contribution in [0.2, 0.25) is 12.6 Å². The van der Waals surface area contributed by atoms with Crippen molar-refractivity contribution in [1.29, 1.82) is 0 Å².